The molecule has 0 aliphatic rings. The van der Waals surface area contributed by atoms with Crippen LogP contribution < -0.4 is 10.6 Å². The second-order valence-electron chi connectivity index (χ2n) is 4.21. The van der Waals surface area contributed by atoms with Gasteiger partial charge in [0.25, 0.3) is 0 Å². The Morgan fingerprint density at radius 2 is 1.95 bits per heavy atom. The molecule has 20 heavy (non-hydrogen) atoms. The number of carbonyl (C=O) groups excluding carboxylic acids is 2. The molecule has 0 spiro atoms. The molecule has 108 valence electrons. The number of halogens is 1. The zero-order chi connectivity index (χ0) is 15.1. The number of aliphatic carboxylic acids is 1. The highest BCUT2D eigenvalue weighted by Gasteiger charge is 2.10. The first-order valence-electron chi connectivity index (χ1n) is 5.97. The van der Waals surface area contributed by atoms with E-state index in [2.05, 4.69) is 10.6 Å². The molecule has 0 saturated heterocycles. The topological polar surface area (TPSA) is 95.5 Å². The van der Waals surface area contributed by atoms with Crippen molar-refractivity contribution < 1.29 is 19.5 Å². The molecule has 1 rings (SSSR count). The molecular weight excluding hydrogens is 284 g/mol. The number of hydrogen-bond donors (Lipinski definition) is 3. The molecule has 0 radical (unpaired) electrons. The van der Waals surface area contributed by atoms with Crippen molar-refractivity contribution in [3.8, 4) is 0 Å². The van der Waals surface area contributed by atoms with Crippen LogP contribution in [0, 0.1) is 6.92 Å². The summed E-state index contributed by atoms with van der Waals surface area (Å²) in [5.74, 6) is -1.49. The fraction of sp³-hybridized carbons (Fsp3) is 0.308. The Bertz CT molecular complexity index is 531. The monoisotopic (exact) mass is 298 g/mol. The molecule has 3 N–H and O–H groups in total. The number of amides is 3. The summed E-state index contributed by atoms with van der Waals surface area (Å²) in [6.07, 6.45) is 0.0685. The summed E-state index contributed by atoms with van der Waals surface area (Å²) in [5.41, 5.74) is 1.32. The maximum atomic E-state index is 11.6. The maximum Gasteiger partial charge on any atom is 0.325 e. The predicted molar refractivity (Wildman–Crippen MR) is 74.8 cm³/mol. The summed E-state index contributed by atoms with van der Waals surface area (Å²) in [6, 6.07) is 4.28. The van der Waals surface area contributed by atoms with Gasteiger partial charge in [-0.05, 0) is 37.1 Å². The molecule has 0 saturated carbocycles. The Balaban J connectivity index is 2.43. The van der Waals surface area contributed by atoms with E-state index < -0.39 is 17.9 Å². The molecule has 6 nitrogen and oxygen atoms in total. The SMILES string of the molecule is Cc1cc(Cl)ccc1NC(=O)NC(=O)CCCC(=O)O. The number of benzene rings is 1. The van der Waals surface area contributed by atoms with Gasteiger partial charge in [0, 0.05) is 23.6 Å². The highest BCUT2D eigenvalue weighted by atomic mass is 35.5. The number of carboxylic acids is 1. The standard InChI is InChI=1S/C13H15ClN2O4/c1-8-7-9(14)5-6-10(8)15-13(20)16-11(17)3-2-4-12(18)19/h5-7H,2-4H2,1H3,(H,18,19)(H2,15,16,17,20). The van der Waals surface area contributed by atoms with E-state index in [1.54, 1.807) is 25.1 Å². The second kappa shape index (κ2) is 7.49. The molecule has 0 bridgehead atoms. The average Bonchev–Trinajstić information content (AvgIpc) is 2.32. The van der Waals surface area contributed by atoms with E-state index in [1.165, 1.54) is 0 Å². The number of anilines is 1. The molecule has 0 atom stereocenters. The summed E-state index contributed by atoms with van der Waals surface area (Å²) >= 11 is 5.79. The van der Waals surface area contributed by atoms with Crippen LogP contribution in [-0.4, -0.2) is 23.0 Å². The number of carbonyl (C=O) groups is 3. The average molecular weight is 299 g/mol. The van der Waals surface area contributed by atoms with Crippen LogP contribution in [0.2, 0.25) is 5.02 Å². The third kappa shape index (κ3) is 5.71. The van der Waals surface area contributed by atoms with Crippen molar-refractivity contribution in [3.63, 3.8) is 0 Å². The second-order valence-corrected chi connectivity index (χ2v) is 4.65. The van der Waals surface area contributed by atoms with Crippen molar-refractivity contribution in [3.05, 3.63) is 28.8 Å². The molecule has 0 aliphatic carbocycles. The molecule has 1 aromatic rings. The van der Waals surface area contributed by atoms with Gasteiger partial charge < -0.3 is 10.4 Å². The fourth-order valence-electron chi connectivity index (χ4n) is 1.51. The lowest BCUT2D eigenvalue weighted by molar-refractivity contribution is -0.137. The van der Waals surface area contributed by atoms with Crippen molar-refractivity contribution in [2.45, 2.75) is 26.2 Å². The maximum absolute atomic E-state index is 11.6. The minimum atomic E-state index is -0.973. The first-order chi connectivity index (χ1) is 9.38. The van der Waals surface area contributed by atoms with Gasteiger partial charge in [-0.15, -0.1) is 0 Å². The molecule has 3 amide bonds. The van der Waals surface area contributed by atoms with Gasteiger partial charge in [-0.25, -0.2) is 4.79 Å². The normalized spacial score (nSPS) is 9.90. The minimum absolute atomic E-state index is 0.0146. The summed E-state index contributed by atoms with van der Waals surface area (Å²) in [6.45, 7) is 1.77. The molecule has 0 unspecified atom stereocenters. The van der Waals surface area contributed by atoms with Gasteiger partial charge in [-0.3, -0.25) is 14.9 Å². The molecule has 0 heterocycles. The summed E-state index contributed by atoms with van der Waals surface area (Å²) in [7, 11) is 0. The first-order valence-corrected chi connectivity index (χ1v) is 6.35. The Morgan fingerprint density at radius 1 is 1.25 bits per heavy atom. The molecule has 7 heteroatoms. The van der Waals surface area contributed by atoms with Gasteiger partial charge in [0.15, 0.2) is 0 Å². The van der Waals surface area contributed by atoms with Crippen molar-refractivity contribution in [1.82, 2.24) is 5.32 Å². The number of carboxylic acid groups (broad SMARTS) is 1. The Hall–Kier alpha value is -2.08. The van der Waals surface area contributed by atoms with Gasteiger partial charge >= 0.3 is 12.0 Å². The van der Waals surface area contributed by atoms with E-state index in [9.17, 15) is 14.4 Å². The van der Waals surface area contributed by atoms with Crippen LogP contribution in [0.15, 0.2) is 18.2 Å². The van der Waals surface area contributed by atoms with Gasteiger partial charge in [-0.1, -0.05) is 11.6 Å². The predicted octanol–water partition coefficient (Wildman–Crippen LogP) is 2.55. The van der Waals surface area contributed by atoms with E-state index in [-0.39, 0.29) is 19.3 Å². The highest BCUT2D eigenvalue weighted by Crippen LogP contribution is 2.19. The van der Waals surface area contributed by atoms with E-state index in [1.807, 2.05) is 0 Å². The quantitative estimate of drug-likeness (QED) is 0.778. The molecule has 1 aromatic carbocycles. The smallest absolute Gasteiger partial charge is 0.325 e. The number of urea groups is 1. The Kier molecular flexibility index (Phi) is 5.99. The molecule has 0 fully saturated rings. The van der Waals surface area contributed by atoms with Crippen LogP contribution in [-0.2, 0) is 9.59 Å². The summed E-state index contributed by atoms with van der Waals surface area (Å²) in [5, 5.41) is 13.6. The molecule has 0 aromatic heterocycles. The lowest BCUT2D eigenvalue weighted by atomic mass is 10.2. The Morgan fingerprint density at radius 3 is 2.55 bits per heavy atom. The van der Waals surface area contributed by atoms with Crippen LogP contribution in [0.3, 0.4) is 0 Å². The van der Waals surface area contributed by atoms with Crippen molar-refractivity contribution in [2.75, 3.05) is 5.32 Å². The third-order valence-electron chi connectivity index (χ3n) is 2.48. The summed E-state index contributed by atoms with van der Waals surface area (Å²) in [4.78, 5) is 33.2. The number of imide groups is 1. The zero-order valence-corrected chi connectivity index (χ0v) is 11.7. The minimum Gasteiger partial charge on any atom is -0.481 e. The van der Waals surface area contributed by atoms with E-state index in [4.69, 9.17) is 16.7 Å². The van der Waals surface area contributed by atoms with Crippen LogP contribution >= 0.6 is 11.6 Å². The van der Waals surface area contributed by atoms with Crippen molar-refractivity contribution in [1.29, 1.82) is 0 Å². The molecule has 0 aliphatic heterocycles. The highest BCUT2D eigenvalue weighted by molar-refractivity contribution is 6.30. The zero-order valence-electron chi connectivity index (χ0n) is 10.9. The van der Waals surface area contributed by atoms with Gasteiger partial charge in [0.2, 0.25) is 5.91 Å². The van der Waals surface area contributed by atoms with E-state index in [0.717, 1.165) is 5.56 Å². The van der Waals surface area contributed by atoms with Gasteiger partial charge in [-0.2, -0.15) is 0 Å². The number of rotatable bonds is 5. The largest absolute Gasteiger partial charge is 0.481 e. The number of aryl methyl sites for hydroxylation is 1. The van der Waals surface area contributed by atoms with Crippen LogP contribution in [0.25, 0.3) is 0 Å². The Labute approximate surface area is 121 Å². The van der Waals surface area contributed by atoms with Gasteiger partial charge in [0.1, 0.15) is 0 Å². The van der Waals surface area contributed by atoms with Crippen molar-refractivity contribution >= 4 is 35.2 Å². The van der Waals surface area contributed by atoms with Gasteiger partial charge in [0.05, 0.1) is 0 Å². The summed E-state index contributed by atoms with van der Waals surface area (Å²) < 4.78 is 0. The number of nitrogens with one attached hydrogen (secondary N) is 2. The van der Waals surface area contributed by atoms with Crippen molar-refractivity contribution in [2.24, 2.45) is 0 Å². The first kappa shape index (κ1) is 16.0. The fourth-order valence-corrected chi connectivity index (χ4v) is 1.74. The van der Waals surface area contributed by atoms with E-state index >= 15 is 0 Å². The number of hydrogen-bond acceptors (Lipinski definition) is 3. The van der Waals surface area contributed by atoms with Crippen LogP contribution in [0.5, 0.6) is 0 Å². The molecular formula is C13H15ClN2O4. The lowest BCUT2D eigenvalue weighted by Gasteiger charge is -2.09. The third-order valence-corrected chi connectivity index (χ3v) is 2.72. The van der Waals surface area contributed by atoms with E-state index in [0.29, 0.717) is 10.7 Å². The van der Waals surface area contributed by atoms with Crippen LogP contribution in [0.4, 0.5) is 10.5 Å². The lowest BCUT2D eigenvalue weighted by Crippen LogP contribution is -2.34. The van der Waals surface area contributed by atoms with Crippen LogP contribution in [0.1, 0.15) is 24.8 Å².